The second kappa shape index (κ2) is 9.52. The van der Waals surface area contributed by atoms with E-state index >= 15 is 0 Å². The number of hydrogen-bond acceptors (Lipinski definition) is 5. The van der Waals surface area contributed by atoms with Crippen LogP contribution < -0.4 is 5.32 Å². The van der Waals surface area contributed by atoms with E-state index in [4.69, 9.17) is 16.3 Å². The molecule has 2 fully saturated rings. The van der Waals surface area contributed by atoms with E-state index in [1.807, 2.05) is 78.9 Å². The van der Waals surface area contributed by atoms with Crippen molar-refractivity contribution < 1.29 is 19.1 Å². The number of likely N-dealkylation sites (tertiary alicyclic amines) is 1. The number of rotatable bonds is 6. The number of benzene rings is 3. The molecule has 36 heavy (non-hydrogen) atoms. The van der Waals surface area contributed by atoms with E-state index in [-0.39, 0.29) is 24.8 Å². The van der Waals surface area contributed by atoms with Crippen LogP contribution in [-0.2, 0) is 25.5 Å². The molecule has 2 amide bonds. The van der Waals surface area contributed by atoms with Crippen molar-refractivity contribution in [2.45, 2.75) is 24.9 Å². The van der Waals surface area contributed by atoms with Crippen LogP contribution in [0.2, 0.25) is 5.02 Å². The minimum Gasteiger partial charge on any atom is -0.468 e. The highest BCUT2D eigenvalue weighted by Crippen LogP contribution is 2.50. The zero-order chi connectivity index (χ0) is 25.4. The van der Waals surface area contributed by atoms with E-state index in [2.05, 4.69) is 5.32 Å². The molecule has 7 heteroatoms. The standard InChI is InChI=1S/C29H27ClN2O4/c1-3-32-26(33)23-24(27(32)34)29(28(35)36-2,17-18-8-5-4-6-9-18)31-25(23)20-14-12-19(13-15-20)21-10-7-11-22(30)16-21/h4-16,23-25,31H,3,17H2,1-2H3/t23-,24-,25-,29-/m1/s1. The molecule has 3 aromatic carbocycles. The van der Waals surface area contributed by atoms with Crippen molar-refractivity contribution in [3.8, 4) is 11.1 Å². The maximum atomic E-state index is 13.5. The molecule has 1 N–H and O–H groups in total. The van der Waals surface area contributed by atoms with Crippen molar-refractivity contribution in [1.82, 2.24) is 10.2 Å². The van der Waals surface area contributed by atoms with E-state index in [0.29, 0.717) is 5.02 Å². The molecule has 0 aliphatic carbocycles. The third-order valence-corrected chi connectivity index (χ3v) is 7.60. The van der Waals surface area contributed by atoms with Crippen molar-refractivity contribution in [2.75, 3.05) is 13.7 Å². The van der Waals surface area contributed by atoms with Gasteiger partial charge >= 0.3 is 5.97 Å². The minimum absolute atomic E-state index is 0.232. The number of methoxy groups -OCH3 is 1. The molecule has 0 bridgehead atoms. The highest BCUT2D eigenvalue weighted by Gasteiger charge is 2.68. The monoisotopic (exact) mass is 502 g/mol. The summed E-state index contributed by atoms with van der Waals surface area (Å²) in [5.74, 6) is -2.71. The molecule has 2 aliphatic heterocycles. The van der Waals surface area contributed by atoms with Crippen LogP contribution in [0.4, 0.5) is 0 Å². The van der Waals surface area contributed by atoms with Gasteiger partial charge in [0.25, 0.3) is 0 Å². The van der Waals surface area contributed by atoms with Crippen LogP contribution in [0, 0.1) is 11.8 Å². The van der Waals surface area contributed by atoms with E-state index in [1.54, 1.807) is 6.92 Å². The Kier molecular flexibility index (Phi) is 6.41. The maximum Gasteiger partial charge on any atom is 0.327 e. The second-order valence-corrected chi connectivity index (χ2v) is 9.74. The van der Waals surface area contributed by atoms with Crippen molar-refractivity contribution in [3.63, 3.8) is 0 Å². The number of esters is 1. The first-order chi connectivity index (χ1) is 17.4. The Hall–Kier alpha value is -3.48. The van der Waals surface area contributed by atoms with Crippen LogP contribution in [0.1, 0.15) is 24.1 Å². The summed E-state index contributed by atoms with van der Waals surface area (Å²) in [6.07, 6.45) is 0.232. The topological polar surface area (TPSA) is 75.7 Å². The van der Waals surface area contributed by atoms with Gasteiger partial charge in [-0.05, 0) is 41.3 Å². The molecule has 0 aromatic heterocycles. The lowest BCUT2D eigenvalue weighted by Gasteiger charge is -2.32. The predicted octanol–water partition coefficient (Wildman–Crippen LogP) is 4.43. The van der Waals surface area contributed by atoms with Gasteiger partial charge in [-0.15, -0.1) is 0 Å². The number of nitrogens with one attached hydrogen (secondary N) is 1. The van der Waals surface area contributed by atoms with Gasteiger partial charge in [-0.2, -0.15) is 0 Å². The van der Waals surface area contributed by atoms with E-state index in [1.165, 1.54) is 12.0 Å². The maximum absolute atomic E-state index is 13.5. The molecule has 6 nitrogen and oxygen atoms in total. The summed E-state index contributed by atoms with van der Waals surface area (Å²) in [5.41, 5.74) is 2.29. The van der Waals surface area contributed by atoms with E-state index in [0.717, 1.165) is 22.3 Å². The summed E-state index contributed by atoms with van der Waals surface area (Å²) in [7, 11) is 1.32. The number of ether oxygens (including phenoxy) is 1. The number of carbonyl (C=O) groups is 3. The average molecular weight is 503 g/mol. The quantitative estimate of drug-likeness (QED) is 0.399. The summed E-state index contributed by atoms with van der Waals surface area (Å²) in [6.45, 7) is 2.03. The largest absolute Gasteiger partial charge is 0.468 e. The summed E-state index contributed by atoms with van der Waals surface area (Å²) in [5, 5.41) is 4.08. The van der Waals surface area contributed by atoms with Gasteiger partial charge < -0.3 is 4.74 Å². The normalized spacial score (nSPS) is 25.2. The minimum atomic E-state index is -1.37. The molecule has 2 aliphatic rings. The fraction of sp³-hybridized carbons (Fsp3) is 0.276. The number of imide groups is 1. The second-order valence-electron chi connectivity index (χ2n) is 9.30. The first-order valence-corrected chi connectivity index (χ1v) is 12.4. The fourth-order valence-electron chi connectivity index (χ4n) is 5.73. The van der Waals surface area contributed by atoms with Gasteiger partial charge in [0.1, 0.15) is 5.54 Å². The van der Waals surface area contributed by atoms with Crippen LogP contribution in [0.5, 0.6) is 0 Å². The van der Waals surface area contributed by atoms with Gasteiger partial charge in [-0.3, -0.25) is 24.6 Å². The molecule has 5 rings (SSSR count). The number of amides is 2. The van der Waals surface area contributed by atoms with Crippen LogP contribution in [0.25, 0.3) is 11.1 Å². The van der Waals surface area contributed by atoms with Gasteiger partial charge in [0.2, 0.25) is 11.8 Å². The van der Waals surface area contributed by atoms with Gasteiger partial charge in [0.05, 0.1) is 18.9 Å². The Bertz CT molecular complexity index is 1310. The highest BCUT2D eigenvalue weighted by atomic mass is 35.5. The molecule has 0 saturated carbocycles. The van der Waals surface area contributed by atoms with Crippen LogP contribution in [0.15, 0.2) is 78.9 Å². The Balaban J connectivity index is 1.58. The van der Waals surface area contributed by atoms with Crippen LogP contribution in [0.3, 0.4) is 0 Å². The molecule has 2 heterocycles. The SMILES string of the molecule is CCN1C(=O)[C@H]2[C@@H](c3ccc(-c4cccc(Cl)c4)cc3)N[C@@](Cc3ccccc3)(C(=O)OC)[C@H]2C1=O. The molecule has 3 aromatic rings. The van der Waals surface area contributed by atoms with Gasteiger partial charge in [-0.1, -0.05) is 78.3 Å². The first-order valence-electron chi connectivity index (χ1n) is 12.0. The van der Waals surface area contributed by atoms with Gasteiger partial charge in [-0.25, -0.2) is 0 Å². The Morgan fingerprint density at radius 3 is 2.33 bits per heavy atom. The Morgan fingerprint density at radius 2 is 1.69 bits per heavy atom. The van der Waals surface area contributed by atoms with Gasteiger partial charge in [0.15, 0.2) is 0 Å². The molecule has 0 spiro atoms. The zero-order valence-electron chi connectivity index (χ0n) is 20.1. The third-order valence-electron chi connectivity index (χ3n) is 7.36. The Labute approximate surface area is 215 Å². The summed E-state index contributed by atoms with van der Waals surface area (Å²) in [4.78, 5) is 41.7. The molecule has 2 saturated heterocycles. The number of nitrogens with zero attached hydrogens (tertiary/aromatic N) is 1. The Morgan fingerprint density at radius 1 is 0.972 bits per heavy atom. The number of fused-ring (bicyclic) bond motifs is 1. The first kappa shape index (κ1) is 24.2. The molecular formula is C29H27ClN2O4. The lowest BCUT2D eigenvalue weighted by atomic mass is 9.76. The summed E-state index contributed by atoms with van der Waals surface area (Å²) < 4.78 is 5.25. The van der Waals surface area contributed by atoms with E-state index in [9.17, 15) is 14.4 Å². The van der Waals surface area contributed by atoms with Crippen LogP contribution in [-0.4, -0.2) is 41.9 Å². The molecular weight excluding hydrogens is 476 g/mol. The number of halogens is 1. The molecule has 184 valence electrons. The molecule has 0 unspecified atom stereocenters. The van der Waals surface area contributed by atoms with Crippen LogP contribution >= 0.6 is 11.6 Å². The van der Waals surface area contributed by atoms with E-state index < -0.39 is 29.4 Å². The van der Waals surface area contributed by atoms with Crippen molar-refractivity contribution in [1.29, 1.82) is 0 Å². The predicted molar refractivity (Wildman–Crippen MR) is 137 cm³/mol. The average Bonchev–Trinajstić information content (AvgIpc) is 3.37. The number of carbonyl (C=O) groups excluding carboxylic acids is 3. The van der Waals surface area contributed by atoms with Crippen molar-refractivity contribution in [3.05, 3.63) is 95.0 Å². The molecule has 0 radical (unpaired) electrons. The zero-order valence-corrected chi connectivity index (χ0v) is 20.9. The van der Waals surface area contributed by atoms with Gasteiger partial charge in [0, 0.05) is 24.0 Å². The third kappa shape index (κ3) is 3.91. The lowest BCUT2D eigenvalue weighted by Crippen LogP contribution is -2.57. The smallest absolute Gasteiger partial charge is 0.327 e. The fourth-order valence-corrected chi connectivity index (χ4v) is 5.92. The van der Waals surface area contributed by atoms with Crippen molar-refractivity contribution >= 4 is 29.4 Å². The highest BCUT2D eigenvalue weighted by molar-refractivity contribution is 6.30. The number of hydrogen-bond donors (Lipinski definition) is 1. The summed E-state index contributed by atoms with van der Waals surface area (Å²) in [6, 6.07) is 24.3. The molecule has 4 atom stereocenters. The lowest BCUT2D eigenvalue weighted by molar-refractivity contribution is -0.154. The van der Waals surface area contributed by atoms with Crippen molar-refractivity contribution in [2.24, 2.45) is 11.8 Å². The summed E-state index contributed by atoms with van der Waals surface area (Å²) >= 11 is 6.16.